The molecule has 0 spiro atoms. The Morgan fingerprint density at radius 2 is 1.88 bits per heavy atom. The number of amides is 1. The summed E-state index contributed by atoms with van der Waals surface area (Å²) in [7, 11) is 1.62. The van der Waals surface area contributed by atoms with Gasteiger partial charge in [-0.05, 0) is 30.7 Å². The molecule has 1 aromatic carbocycles. The van der Waals surface area contributed by atoms with E-state index in [9.17, 15) is 14.7 Å². The van der Waals surface area contributed by atoms with Crippen molar-refractivity contribution in [3.8, 4) is 0 Å². The van der Waals surface area contributed by atoms with Gasteiger partial charge < -0.3 is 10.0 Å². The number of piperidine rings is 1. The van der Waals surface area contributed by atoms with Crippen LogP contribution in [-0.4, -0.2) is 44.8 Å². The molecule has 1 aliphatic rings. The van der Waals surface area contributed by atoms with Crippen molar-refractivity contribution >= 4 is 11.9 Å². The Morgan fingerprint density at radius 3 is 2.50 bits per heavy atom. The highest BCUT2D eigenvalue weighted by Gasteiger charge is 2.28. The molecule has 0 aliphatic carbocycles. The molecule has 0 atom stereocenters. The van der Waals surface area contributed by atoms with Gasteiger partial charge in [-0.2, -0.15) is 5.10 Å². The molecule has 3 rings (SSSR count). The predicted molar refractivity (Wildman–Crippen MR) is 88.9 cm³/mol. The number of carbonyl (C=O) groups is 2. The summed E-state index contributed by atoms with van der Waals surface area (Å²) in [5.41, 5.74) is 1.32. The van der Waals surface area contributed by atoms with Gasteiger partial charge in [0.1, 0.15) is 0 Å². The van der Waals surface area contributed by atoms with E-state index in [4.69, 9.17) is 0 Å². The topological polar surface area (TPSA) is 75.4 Å². The third-order valence-electron chi connectivity index (χ3n) is 4.53. The summed E-state index contributed by atoms with van der Waals surface area (Å²) in [6.07, 6.45) is 4.38. The lowest BCUT2D eigenvalue weighted by Gasteiger charge is -2.32. The maximum atomic E-state index is 12.6. The van der Waals surface area contributed by atoms with Crippen molar-refractivity contribution in [1.29, 1.82) is 0 Å². The fourth-order valence-corrected chi connectivity index (χ4v) is 3.26. The lowest BCUT2D eigenvalue weighted by Crippen LogP contribution is -2.39. The number of rotatable bonds is 4. The second-order valence-electron chi connectivity index (χ2n) is 6.30. The van der Waals surface area contributed by atoms with Gasteiger partial charge in [0.15, 0.2) is 5.69 Å². The Kier molecular flexibility index (Phi) is 4.64. The zero-order valence-electron chi connectivity index (χ0n) is 13.7. The van der Waals surface area contributed by atoms with E-state index in [2.05, 4.69) is 17.2 Å². The van der Waals surface area contributed by atoms with E-state index in [1.54, 1.807) is 11.9 Å². The van der Waals surface area contributed by atoms with Crippen molar-refractivity contribution < 1.29 is 14.7 Å². The van der Waals surface area contributed by atoms with Gasteiger partial charge in [-0.3, -0.25) is 9.48 Å². The number of hydrogen-bond acceptors (Lipinski definition) is 3. The molecule has 24 heavy (non-hydrogen) atoms. The predicted octanol–water partition coefficient (Wildman–Crippen LogP) is 2.21. The van der Waals surface area contributed by atoms with E-state index in [-0.39, 0.29) is 17.2 Å². The second-order valence-corrected chi connectivity index (χ2v) is 6.30. The fourth-order valence-electron chi connectivity index (χ4n) is 3.26. The summed E-state index contributed by atoms with van der Waals surface area (Å²) >= 11 is 0. The van der Waals surface area contributed by atoms with Crippen molar-refractivity contribution in [3.63, 3.8) is 0 Å². The number of likely N-dealkylation sites (tertiary alicyclic amines) is 1. The van der Waals surface area contributed by atoms with Crippen LogP contribution in [0.3, 0.4) is 0 Å². The first-order valence-corrected chi connectivity index (χ1v) is 8.14. The summed E-state index contributed by atoms with van der Waals surface area (Å²) in [6.45, 7) is 1.31. The average molecular weight is 327 g/mol. The van der Waals surface area contributed by atoms with Crippen molar-refractivity contribution in [2.75, 3.05) is 13.1 Å². The molecular weight excluding hydrogens is 306 g/mol. The Morgan fingerprint density at radius 1 is 1.21 bits per heavy atom. The van der Waals surface area contributed by atoms with Crippen LogP contribution in [0.15, 0.2) is 36.5 Å². The molecule has 0 saturated carbocycles. The molecule has 1 fully saturated rings. The number of aromatic nitrogens is 2. The standard InChI is InChI=1S/C18H21N3O3/c1-20-12-15(16(19-20)18(23)24)17(22)21-9-7-14(8-10-21)11-13-5-3-2-4-6-13/h2-6,12,14H,7-11H2,1H3,(H,23,24). The molecule has 6 nitrogen and oxygen atoms in total. The summed E-state index contributed by atoms with van der Waals surface area (Å²) < 4.78 is 1.37. The van der Waals surface area contributed by atoms with Crippen LogP contribution in [0.25, 0.3) is 0 Å². The molecule has 0 radical (unpaired) electrons. The number of aryl methyl sites for hydroxylation is 1. The van der Waals surface area contributed by atoms with Crippen LogP contribution >= 0.6 is 0 Å². The third kappa shape index (κ3) is 3.48. The molecule has 1 N–H and O–H groups in total. The number of hydrogen-bond donors (Lipinski definition) is 1. The highest BCUT2D eigenvalue weighted by Crippen LogP contribution is 2.23. The van der Waals surface area contributed by atoms with Crippen LogP contribution in [0, 0.1) is 5.92 Å². The van der Waals surface area contributed by atoms with Gasteiger partial charge >= 0.3 is 5.97 Å². The van der Waals surface area contributed by atoms with Gasteiger partial charge in [-0.15, -0.1) is 0 Å². The zero-order valence-corrected chi connectivity index (χ0v) is 13.7. The van der Waals surface area contributed by atoms with Gasteiger partial charge in [-0.25, -0.2) is 4.79 Å². The minimum absolute atomic E-state index is 0.172. The number of carboxylic acids is 1. The van der Waals surface area contributed by atoms with Gasteiger partial charge in [0.2, 0.25) is 0 Å². The number of nitrogens with zero attached hydrogens (tertiary/aromatic N) is 3. The first-order valence-electron chi connectivity index (χ1n) is 8.14. The van der Waals surface area contributed by atoms with E-state index in [0.29, 0.717) is 19.0 Å². The molecule has 2 heterocycles. The first kappa shape index (κ1) is 16.2. The minimum atomic E-state index is -1.17. The molecule has 6 heteroatoms. The van der Waals surface area contributed by atoms with Crippen LogP contribution in [0.1, 0.15) is 39.3 Å². The average Bonchev–Trinajstić information content (AvgIpc) is 2.98. The molecule has 0 bridgehead atoms. The maximum Gasteiger partial charge on any atom is 0.357 e. The van der Waals surface area contributed by atoms with Crippen molar-refractivity contribution in [2.24, 2.45) is 13.0 Å². The van der Waals surface area contributed by atoms with Gasteiger partial charge in [0.05, 0.1) is 5.56 Å². The van der Waals surface area contributed by atoms with Gasteiger partial charge in [-0.1, -0.05) is 30.3 Å². The summed E-state index contributed by atoms with van der Waals surface area (Å²) in [5.74, 6) is -0.846. The minimum Gasteiger partial charge on any atom is -0.476 e. The quantitative estimate of drug-likeness (QED) is 0.934. The van der Waals surface area contributed by atoms with Crippen molar-refractivity contribution in [1.82, 2.24) is 14.7 Å². The smallest absolute Gasteiger partial charge is 0.357 e. The second kappa shape index (κ2) is 6.86. The van der Waals surface area contributed by atoms with Crippen molar-refractivity contribution in [2.45, 2.75) is 19.3 Å². The van der Waals surface area contributed by atoms with E-state index in [1.165, 1.54) is 16.4 Å². The molecular formula is C18H21N3O3. The molecule has 1 amide bonds. The van der Waals surface area contributed by atoms with E-state index in [0.717, 1.165) is 19.3 Å². The van der Waals surface area contributed by atoms with Crippen LogP contribution in [0.5, 0.6) is 0 Å². The number of benzene rings is 1. The van der Waals surface area contributed by atoms with E-state index in [1.807, 2.05) is 18.2 Å². The van der Waals surface area contributed by atoms with Crippen LogP contribution in [0.2, 0.25) is 0 Å². The maximum absolute atomic E-state index is 12.6. The monoisotopic (exact) mass is 327 g/mol. The number of carboxylic acid groups (broad SMARTS) is 1. The molecule has 1 aromatic heterocycles. The first-order chi connectivity index (χ1) is 11.5. The number of carbonyl (C=O) groups excluding carboxylic acids is 1. The Labute approximate surface area is 140 Å². The summed E-state index contributed by atoms with van der Waals surface area (Å²) in [6, 6.07) is 10.4. The van der Waals surface area contributed by atoms with Gasteiger partial charge in [0, 0.05) is 26.3 Å². The molecule has 0 unspecified atom stereocenters. The number of aromatic carboxylic acids is 1. The lowest BCUT2D eigenvalue weighted by molar-refractivity contribution is 0.0648. The lowest BCUT2D eigenvalue weighted by atomic mass is 9.90. The Bertz CT molecular complexity index is 731. The van der Waals surface area contributed by atoms with Gasteiger partial charge in [0.25, 0.3) is 5.91 Å². The largest absolute Gasteiger partial charge is 0.476 e. The van der Waals surface area contributed by atoms with Crippen LogP contribution in [0.4, 0.5) is 0 Å². The van der Waals surface area contributed by atoms with Crippen molar-refractivity contribution in [3.05, 3.63) is 53.3 Å². The van der Waals surface area contributed by atoms with E-state index < -0.39 is 5.97 Å². The highest BCUT2D eigenvalue weighted by molar-refractivity contribution is 6.03. The molecule has 2 aromatic rings. The molecule has 1 saturated heterocycles. The Hall–Kier alpha value is -2.63. The Balaban J connectivity index is 1.62. The summed E-state index contributed by atoms with van der Waals surface area (Å²) in [4.78, 5) is 25.6. The highest BCUT2D eigenvalue weighted by atomic mass is 16.4. The molecule has 126 valence electrons. The van der Waals surface area contributed by atoms with E-state index >= 15 is 0 Å². The third-order valence-corrected chi connectivity index (χ3v) is 4.53. The zero-order chi connectivity index (χ0) is 17.1. The SMILES string of the molecule is Cn1cc(C(=O)N2CCC(Cc3ccccc3)CC2)c(C(=O)O)n1. The van der Waals surface area contributed by atoms with Crippen LogP contribution in [-0.2, 0) is 13.5 Å². The summed E-state index contributed by atoms with van der Waals surface area (Å²) in [5, 5.41) is 13.1. The van der Waals surface area contributed by atoms with Crippen LogP contribution < -0.4 is 0 Å². The molecule has 1 aliphatic heterocycles. The normalized spacial score (nSPS) is 15.5. The fraction of sp³-hybridized carbons (Fsp3) is 0.389.